The number of benzene rings is 3. The van der Waals surface area contributed by atoms with E-state index in [2.05, 4.69) is 15.5 Å². The van der Waals surface area contributed by atoms with E-state index in [4.69, 9.17) is 20.9 Å². The second-order valence-electron chi connectivity index (χ2n) is 8.16. The van der Waals surface area contributed by atoms with Gasteiger partial charge in [0.15, 0.2) is 0 Å². The highest BCUT2D eigenvalue weighted by Gasteiger charge is 2.35. The lowest BCUT2D eigenvalue weighted by atomic mass is 9.94. The van der Waals surface area contributed by atoms with E-state index in [-0.39, 0.29) is 6.03 Å². The molecule has 0 bridgehead atoms. The van der Waals surface area contributed by atoms with Gasteiger partial charge in [-0.25, -0.2) is 4.79 Å². The van der Waals surface area contributed by atoms with Crippen molar-refractivity contribution in [3.05, 3.63) is 107 Å². The molecule has 7 nitrogen and oxygen atoms in total. The van der Waals surface area contributed by atoms with Crippen molar-refractivity contribution in [3.8, 4) is 17.1 Å². The van der Waals surface area contributed by atoms with Crippen LogP contribution in [0.15, 0.2) is 89.1 Å². The van der Waals surface area contributed by atoms with Crippen molar-refractivity contribution in [2.45, 2.75) is 19.5 Å². The number of carbonyl (C=O) groups is 1. The van der Waals surface area contributed by atoms with Crippen LogP contribution in [0.4, 0.5) is 4.79 Å². The van der Waals surface area contributed by atoms with Crippen molar-refractivity contribution in [1.29, 1.82) is 0 Å². The number of amides is 2. The summed E-state index contributed by atoms with van der Waals surface area (Å²) in [5, 5.41) is 7.96. The highest BCUT2D eigenvalue weighted by molar-refractivity contribution is 6.30. The lowest BCUT2D eigenvalue weighted by Crippen LogP contribution is -2.45. The van der Waals surface area contributed by atoms with Crippen LogP contribution < -0.4 is 10.1 Å². The molecular formula is C27H23ClN4O3. The zero-order valence-corrected chi connectivity index (χ0v) is 20.0. The van der Waals surface area contributed by atoms with Crippen LogP contribution in [0, 0.1) is 0 Å². The number of hydrogen-bond acceptors (Lipinski definition) is 5. The molecule has 4 aromatic rings. The minimum absolute atomic E-state index is 0.218. The topological polar surface area (TPSA) is 80.5 Å². The van der Waals surface area contributed by atoms with Gasteiger partial charge in [0.05, 0.1) is 25.3 Å². The summed E-state index contributed by atoms with van der Waals surface area (Å²) >= 11 is 6.04. The van der Waals surface area contributed by atoms with Gasteiger partial charge in [-0.1, -0.05) is 71.4 Å². The summed E-state index contributed by atoms with van der Waals surface area (Å²) in [4.78, 5) is 19.6. The Morgan fingerprint density at radius 2 is 1.74 bits per heavy atom. The average Bonchev–Trinajstić information content (AvgIpc) is 3.38. The Labute approximate surface area is 208 Å². The molecule has 0 saturated heterocycles. The summed E-state index contributed by atoms with van der Waals surface area (Å²) in [6, 6.07) is 23.9. The fourth-order valence-corrected chi connectivity index (χ4v) is 4.23. The number of urea groups is 1. The number of hydrogen-bond donors (Lipinski definition) is 1. The van der Waals surface area contributed by atoms with Crippen molar-refractivity contribution in [2.24, 2.45) is 0 Å². The van der Waals surface area contributed by atoms with Crippen LogP contribution >= 0.6 is 11.6 Å². The molecule has 0 radical (unpaired) electrons. The van der Waals surface area contributed by atoms with Gasteiger partial charge >= 0.3 is 6.03 Å². The zero-order valence-electron chi connectivity index (χ0n) is 19.2. The molecule has 1 aliphatic rings. The first-order valence-electron chi connectivity index (χ1n) is 11.1. The Morgan fingerprint density at radius 3 is 2.43 bits per heavy atom. The number of rotatable bonds is 6. The monoisotopic (exact) mass is 486 g/mol. The predicted molar refractivity (Wildman–Crippen MR) is 134 cm³/mol. The molecule has 5 rings (SSSR count). The molecule has 3 aromatic carbocycles. The molecule has 0 spiro atoms. The Hall–Kier alpha value is -4.10. The molecule has 1 aliphatic heterocycles. The molecular weight excluding hydrogens is 464 g/mol. The van der Waals surface area contributed by atoms with Gasteiger partial charge in [0.2, 0.25) is 5.82 Å². The maximum atomic E-state index is 13.2. The minimum atomic E-state index is -0.473. The van der Waals surface area contributed by atoms with E-state index in [9.17, 15) is 4.79 Å². The molecule has 0 saturated carbocycles. The molecule has 1 unspecified atom stereocenters. The normalized spacial score (nSPS) is 15.8. The third-order valence-corrected chi connectivity index (χ3v) is 6.24. The van der Waals surface area contributed by atoms with Crippen molar-refractivity contribution in [2.75, 3.05) is 7.11 Å². The predicted octanol–water partition coefficient (Wildman–Crippen LogP) is 6.10. The van der Waals surface area contributed by atoms with Gasteiger partial charge in [-0.3, -0.25) is 4.90 Å². The van der Waals surface area contributed by atoms with Crippen LogP contribution in [0.3, 0.4) is 0 Å². The number of nitrogens with one attached hydrogen (secondary N) is 1. The van der Waals surface area contributed by atoms with Crippen LogP contribution in [0.1, 0.15) is 30.0 Å². The van der Waals surface area contributed by atoms with E-state index in [1.165, 1.54) is 0 Å². The first-order chi connectivity index (χ1) is 17.0. The second kappa shape index (κ2) is 9.64. The number of carbonyl (C=O) groups excluding carboxylic acids is 1. The van der Waals surface area contributed by atoms with Gasteiger partial charge in [-0.05, 0) is 42.3 Å². The first kappa shape index (κ1) is 22.7. The number of ether oxygens (including phenoxy) is 1. The number of methoxy groups -OCH3 is 1. The Balaban J connectivity index is 1.58. The third kappa shape index (κ3) is 4.63. The van der Waals surface area contributed by atoms with E-state index in [1.54, 1.807) is 12.0 Å². The number of halogens is 1. The molecule has 0 aliphatic carbocycles. The van der Waals surface area contributed by atoms with Crippen LogP contribution in [-0.2, 0) is 6.54 Å². The molecule has 1 aromatic heterocycles. The molecule has 176 valence electrons. The molecule has 1 N–H and O–H groups in total. The lowest BCUT2D eigenvalue weighted by molar-refractivity contribution is 0.203. The van der Waals surface area contributed by atoms with Crippen molar-refractivity contribution in [1.82, 2.24) is 20.4 Å². The smallest absolute Gasteiger partial charge is 0.322 e. The quantitative estimate of drug-likeness (QED) is 0.356. The van der Waals surface area contributed by atoms with E-state index in [0.717, 1.165) is 33.7 Å². The van der Waals surface area contributed by atoms with Crippen molar-refractivity contribution in [3.63, 3.8) is 0 Å². The van der Waals surface area contributed by atoms with Gasteiger partial charge in [0.1, 0.15) is 5.75 Å². The molecule has 2 amide bonds. The zero-order chi connectivity index (χ0) is 24.4. The standard InChI is InChI=1S/C27H23ClN4O3/c1-17-23(26-30-25(31-35-26)20-6-4-3-5-7-20)24(19-10-14-22(34-2)15-11-19)29-27(33)32(17)16-18-8-12-21(28)13-9-18/h3-15,24H,16H2,1-2H3,(H,29,33). The Bertz CT molecular complexity index is 1370. The van der Waals surface area contributed by atoms with Gasteiger partial charge < -0.3 is 14.6 Å². The molecule has 1 atom stereocenters. The SMILES string of the molecule is COc1ccc(C2NC(=O)N(Cc3ccc(Cl)cc3)C(C)=C2c2nc(-c3ccccc3)no2)cc1. The first-order valence-corrected chi connectivity index (χ1v) is 11.5. The van der Waals surface area contributed by atoms with Gasteiger partial charge in [0, 0.05) is 16.3 Å². The molecule has 8 heteroatoms. The second-order valence-corrected chi connectivity index (χ2v) is 8.59. The summed E-state index contributed by atoms with van der Waals surface area (Å²) < 4.78 is 11.0. The van der Waals surface area contributed by atoms with E-state index in [0.29, 0.717) is 23.3 Å². The minimum Gasteiger partial charge on any atom is -0.497 e. The van der Waals surface area contributed by atoms with Crippen LogP contribution in [0.2, 0.25) is 5.02 Å². The van der Waals surface area contributed by atoms with Crippen molar-refractivity contribution >= 4 is 23.2 Å². The maximum Gasteiger partial charge on any atom is 0.322 e. The number of aromatic nitrogens is 2. The average molecular weight is 487 g/mol. The van der Waals surface area contributed by atoms with Crippen LogP contribution in [0.25, 0.3) is 17.0 Å². The van der Waals surface area contributed by atoms with Gasteiger partial charge in [-0.2, -0.15) is 4.98 Å². The molecule has 35 heavy (non-hydrogen) atoms. The van der Waals surface area contributed by atoms with Crippen molar-refractivity contribution < 1.29 is 14.1 Å². The lowest BCUT2D eigenvalue weighted by Gasteiger charge is -2.35. The summed E-state index contributed by atoms with van der Waals surface area (Å²) in [7, 11) is 1.62. The maximum absolute atomic E-state index is 13.2. The summed E-state index contributed by atoms with van der Waals surface area (Å²) in [6.07, 6.45) is 0. The van der Waals surface area contributed by atoms with Gasteiger partial charge in [-0.15, -0.1) is 0 Å². The number of nitrogens with zero attached hydrogens (tertiary/aromatic N) is 3. The third-order valence-electron chi connectivity index (χ3n) is 5.99. The summed E-state index contributed by atoms with van der Waals surface area (Å²) in [5.74, 6) is 1.56. The van der Waals surface area contributed by atoms with E-state index in [1.807, 2.05) is 85.8 Å². The highest BCUT2D eigenvalue weighted by Crippen LogP contribution is 2.38. The van der Waals surface area contributed by atoms with Gasteiger partial charge in [0.25, 0.3) is 5.89 Å². The Morgan fingerprint density at radius 1 is 1.03 bits per heavy atom. The largest absolute Gasteiger partial charge is 0.497 e. The van der Waals surface area contributed by atoms with Crippen LogP contribution in [-0.4, -0.2) is 28.2 Å². The fourth-order valence-electron chi connectivity index (χ4n) is 4.10. The van der Waals surface area contributed by atoms with Crippen LogP contribution in [0.5, 0.6) is 5.75 Å². The highest BCUT2D eigenvalue weighted by atomic mass is 35.5. The summed E-state index contributed by atoms with van der Waals surface area (Å²) in [5.41, 5.74) is 4.13. The summed E-state index contributed by atoms with van der Waals surface area (Å²) in [6.45, 7) is 2.26. The molecule has 2 heterocycles. The molecule has 0 fully saturated rings. The Kier molecular flexibility index (Phi) is 6.25. The van der Waals surface area contributed by atoms with E-state index >= 15 is 0 Å². The number of allylic oxidation sites excluding steroid dienone is 1. The van der Waals surface area contributed by atoms with E-state index < -0.39 is 6.04 Å². The fraction of sp³-hybridized carbons (Fsp3) is 0.148.